The minimum absolute atomic E-state index is 0.147. The molecule has 1 aliphatic carbocycles. The molecule has 0 fully saturated rings. The minimum atomic E-state index is -0.147. The highest BCUT2D eigenvalue weighted by molar-refractivity contribution is 5.74. The van der Waals surface area contributed by atoms with E-state index < -0.39 is 0 Å². The monoisotopic (exact) mass is 266 g/mol. The fourth-order valence-electron chi connectivity index (χ4n) is 3.08. The molecule has 0 unspecified atom stereocenters. The van der Waals surface area contributed by atoms with Crippen LogP contribution in [0.25, 0.3) is 16.9 Å². The van der Waals surface area contributed by atoms with Crippen LogP contribution >= 0.6 is 0 Å². The molecule has 0 spiro atoms. The van der Waals surface area contributed by atoms with Crippen LogP contribution in [0.5, 0.6) is 0 Å². The highest BCUT2D eigenvalue weighted by Crippen LogP contribution is 2.36. The Morgan fingerprint density at radius 3 is 3.15 bits per heavy atom. The van der Waals surface area contributed by atoms with Crippen molar-refractivity contribution in [3.05, 3.63) is 57.8 Å². The summed E-state index contributed by atoms with van der Waals surface area (Å²) in [6.45, 7) is 0.629. The van der Waals surface area contributed by atoms with E-state index in [9.17, 15) is 4.79 Å². The number of imidazole rings is 1. The zero-order valence-electron chi connectivity index (χ0n) is 10.9. The smallest absolute Gasteiger partial charge is 0.292 e. The van der Waals surface area contributed by atoms with Gasteiger partial charge in [-0.25, -0.2) is 4.98 Å². The van der Waals surface area contributed by atoms with Crippen LogP contribution in [0.3, 0.4) is 0 Å². The Morgan fingerprint density at radius 2 is 2.30 bits per heavy atom. The van der Waals surface area contributed by atoms with Crippen molar-refractivity contribution < 1.29 is 0 Å². The quantitative estimate of drug-likeness (QED) is 0.570. The normalized spacial score (nSPS) is 12.7. The fraction of sp³-hybridized carbons (Fsp3) is 0.200. The Balaban J connectivity index is 2.03. The van der Waals surface area contributed by atoms with Gasteiger partial charge >= 0.3 is 0 Å². The molecular weight excluding hydrogens is 252 g/mol. The molecule has 5 heteroatoms. The zero-order chi connectivity index (χ0) is 13.7. The van der Waals surface area contributed by atoms with Crippen molar-refractivity contribution in [1.82, 2.24) is 14.4 Å². The van der Waals surface area contributed by atoms with E-state index >= 15 is 0 Å². The number of nitrogens with two attached hydrogens (primary N) is 1. The molecule has 4 rings (SSSR count). The molecule has 0 saturated carbocycles. The first-order valence-electron chi connectivity index (χ1n) is 6.69. The molecular formula is C15H14N4O. The summed E-state index contributed by atoms with van der Waals surface area (Å²) in [6, 6.07) is 6.19. The van der Waals surface area contributed by atoms with Crippen LogP contribution in [0.15, 0.2) is 35.4 Å². The van der Waals surface area contributed by atoms with Crippen molar-refractivity contribution in [3.63, 3.8) is 0 Å². The van der Waals surface area contributed by atoms with E-state index in [0.717, 1.165) is 29.8 Å². The van der Waals surface area contributed by atoms with Crippen molar-refractivity contribution in [2.45, 2.75) is 12.8 Å². The second-order valence-electron chi connectivity index (χ2n) is 5.06. The van der Waals surface area contributed by atoms with Crippen molar-refractivity contribution in [2.24, 2.45) is 5.73 Å². The lowest BCUT2D eigenvalue weighted by molar-refractivity contribution is 0.940. The van der Waals surface area contributed by atoms with E-state index in [0.29, 0.717) is 12.2 Å². The zero-order valence-corrected chi connectivity index (χ0v) is 10.9. The Bertz CT molecular complexity index is 875. The van der Waals surface area contributed by atoms with Gasteiger partial charge in [0.15, 0.2) is 0 Å². The highest BCUT2D eigenvalue weighted by Gasteiger charge is 2.24. The van der Waals surface area contributed by atoms with Gasteiger partial charge in [-0.15, -0.1) is 0 Å². The van der Waals surface area contributed by atoms with E-state index in [1.165, 1.54) is 11.1 Å². The SMILES string of the molecule is NCCc1cccc2c1Cc1c-2[nH]c(=O)c2nccn12. The van der Waals surface area contributed by atoms with Crippen molar-refractivity contribution >= 4 is 5.65 Å². The molecule has 5 nitrogen and oxygen atoms in total. The maximum atomic E-state index is 12.1. The predicted octanol–water partition coefficient (Wildman–Crippen LogP) is 1.09. The van der Waals surface area contributed by atoms with Gasteiger partial charge in [-0.2, -0.15) is 0 Å². The third-order valence-corrected chi connectivity index (χ3v) is 3.96. The third kappa shape index (κ3) is 1.41. The van der Waals surface area contributed by atoms with E-state index in [4.69, 9.17) is 5.73 Å². The number of aromatic nitrogens is 3. The standard InChI is InChI=1S/C15H14N4O/c16-5-4-9-2-1-3-10-11(9)8-12-13(10)18-15(20)14-17-6-7-19(12)14/h1-3,6-7H,4-5,8,16H2,(H,18,20). The molecule has 0 radical (unpaired) electrons. The van der Waals surface area contributed by atoms with Crippen LogP contribution < -0.4 is 11.3 Å². The van der Waals surface area contributed by atoms with Gasteiger partial charge in [-0.1, -0.05) is 18.2 Å². The Hall–Kier alpha value is -2.40. The summed E-state index contributed by atoms with van der Waals surface area (Å²) < 4.78 is 1.89. The Labute approximate surface area is 115 Å². The topological polar surface area (TPSA) is 76.2 Å². The number of fused-ring (bicyclic) bond motifs is 5. The number of hydrogen-bond acceptors (Lipinski definition) is 3. The van der Waals surface area contributed by atoms with E-state index in [1.54, 1.807) is 6.20 Å². The lowest BCUT2D eigenvalue weighted by atomic mass is 10.0. The number of nitrogens with one attached hydrogen (secondary N) is 1. The lowest BCUT2D eigenvalue weighted by Crippen LogP contribution is -2.13. The number of rotatable bonds is 2. The van der Waals surface area contributed by atoms with E-state index in [1.807, 2.05) is 16.7 Å². The van der Waals surface area contributed by atoms with Crippen LogP contribution in [-0.2, 0) is 12.8 Å². The molecule has 0 atom stereocenters. The number of hydrogen-bond donors (Lipinski definition) is 2. The van der Waals surface area contributed by atoms with Crippen LogP contribution in [0.1, 0.15) is 16.8 Å². The Morgan fingerprint density at radius 1 is 1.40 bits per heavy atom. The molecule has 0 saturated heterocycles. The maximum absolute atomic E-state index is 12.1. The van der Waals surface area contributed by atoms with Gasteiger partial charge in [0.25, 0.3) is 5.56 Å². The van der Waals surface area contributed by atoms with Gasteiger partial charge in [0.2, 0.25) is 5.65 Å². The second-order valence-corrected chi connectivity index (χ2v) is 5.06. The molecule has 1 aliphatic rings. The molecule has 0 amide bonds. The van der Waals surface area contributed by atoms with Gasteiger partial charge in [-0.05, 0) is 24.1 Å². The summed E-state index contributed by atoms with van der Waals surface area (Å²) in [5.41, 5.74) is 11.6. The molecule has 3 aromatic rings. The van der Waals surface area contributed by atoms with Gasteiger partial charge in [-0.3, -0.25) is 9.20 Å². The van der Waals surface area contributed by atoms with E-state index in [2.05, 4.69) is 22.1 Å². The van der Waals surface area contributed by atoms with Gasteiger partial charge in [0.1, 0.15) is 0 Å². The summed E-state index contributed by atoms with van der Waals surface area (Å²) in [5.74, 6) is 0. The molecule has 0 bridgehead atoms. The summed E-state index contributed by atoms with van der Waals surface area (Å²) in [7, 11) is 0. The predicted molar refractivity (Wildman–Crippen MR) is 76.8 cm³/mol. The summed E-state index contributed by atoms with van der Waals surface area (Å²) in [6.07, 6.45) is 5.17. The average molecular weight is 266 g/mol. The fourth-order valence-corrected chi connectivity index (χ4v) is 3.08. The van der Waals surface area contributed by atoms with Crippen molar-refractivity contribution in [3.8, 4) is 11.3 Å². The number of H-pyrrole nitrogens is 1. The molecule has 3 N–H and O–H groups in total. The van der Waals surface area contributed by atoms with Crippen LogP contribution in [0.4, 0.5) is 0 Å². The lowest BCUT2D eigenvalue weighted by Gasteiger charge is -2.06. The van der Waals surface area contributed by atoms with Gasteiger partial charge in [0, 0.05) is 24.4 Å². The van der Waals surface area contributed by atoms with Crippen molar-refractivity contribution in [1.29, 1.82) is 0 Å². The molecule has 20 heavy (non-hydrogen) atoms. The maximum Gasteiger partial charge on any atom is 0.292 e. The molecule has 0 aliphatic heterocycles. The largest absolute Gasteiger partial charge is 0.330 e. The van der Waals surface area contributed by atoms with Crippen molar-refractivity contribution in [2.75, 3.05) is 6.54 Å². The summed E-state index contributed by atoms with van der Waals surface area (Å²) in [5, 5.41) is 0. The summed E-state index contributed by atoms with van der Waals surface area (Å²) >= 11 is 0. The van der Waals surface area contributed by atoms with Gasteiger partial charge in [0.05, 0.1) is 11.4 Å². The number of benzene rings is 1. The molecule has 2 aromatic heterocycles. The Kier molecular flexibility index (Phi) is 2.31. The second kappa shape index (κ2) is 4.05. The van der Waals surface area contributed by atoms with Crippen LogP contribution in [0.2, 0.25) is 0 Å². The number of aromatic amines is 1. The van der Waals surface area contributed by atoms with Gasteiger partial charge < -0.3 is 10.7 Å². The first kappa shape index (κ1) is 11.4. The molecule has 2 heterocycles. The first-order valence-corrected chi connectivity index (χ1v) is 6.69. The van der Waals surface area contributed by atoms with Crippen LogP contribution in [0, 0.1) is 0 Å². The molecule has 100 valence electrons. The average Bonchev–Trinajstić information content (AvgIpc) is 3.04. The highest BCUT2D eigenvalue weighted by atomic mass is 16.1. The first-order chi connectivity index (χ1) is 9.79. The molecule has 1 aromatic carbocycles. The minimum Gasteiger partial charge on any atom is -0.330 e. The third-order valence-electron chi connectivity index (χ3n) is 3.96. The number of nitrogens with zero attached hydrogens (tertiary/aromatic N) is 2. The van der Waals surface area contributed by atoms with Crippen LogP contribution in [-0.4, -0.2) is 20.9 Å². The summed E-state index contributed by atoms with van der Waals surface area (Å²) in [4.78, 5) is 19.1. The van der Waals surface area contributed by atoms with E-state index in [-0.39, 0.29) is 5.56 Å².